The number of nitrogens with zero attached hydrogens (tertiary/aromatic N) is 4. The summed E-state index contributed by atoms with van der Waals surface area (Å²) in [6.45, 7) is 7.54. The Labute approximate surface area is 282 Å². The minimum absolute atomic E-state index is 0.399. The third kappa shape index (κ3) is 5.30. The van der Waals surface area contributed by atoms with E-state index in [0.717, 1.165) is 45.6 Å². The normalized spacial score (nSPS) is 22.4. The molecule has 48 heavy (non-hydrogen) atoms. The predicted octanol–water partition coefficient (Wildman–Crippen LogP) is 11.2. The van der Waals surface area contributed by atoms with Gasteiger partial charge in [-0.25, -0.2) is 19.8 Å². The van der Waals surface area contributed by atoms with Crippen molar-refractivity contribution in [3.05, 3.63) is 144 Å². The van der Waals surface area contributed by atoms with E-state index in [0.29, 0.717) is 28.6 Å². The molecular weight excluding hydrogens is 585 g/mol. The lowest BCUT2D eigenvalue weighted by atomic mass is 9.48. The molecule has 0 N–H and O–H groups in total. The van der Waals surface area contributed by atoms with E-state index in [1.807, 2.05) is 24.3 Å². The summed E-state index contributed by atoms with van der Waals surface area (Å²) in [6.07, 6.45) is 8.54. The first-order valence-electron chi connectivity index (χ1n) is 17.2. The second-order valence-corrected chi connectivity index (χ2v) is 14.3. The minimum Gasteiger partial charge on any atom is -0.238 e. The lowest BCUT2D eigenvalue weighted by Crippen LogP contribution is -2.48. The maximum absolute atomic E-state index is 7.54. The second-order valence-electron chi connectivity index (χ2n) is 14.3. The van der Waals surface area contributed by atoms with Crippen LogP contribution in [0.1, 0.15) is 44.1 Å². The quantitative estimate of drug-likeness (QED) is 0.174. The van der Waals surface area contributed by atoms with Crippen LogP contribution in [-0.4, -0.2) is 15.0 Å². The molecule has 4 aliphatic rings. The Balaban J connectivity index is 1.07. The van der Waals surface area contributed by atoms with E-state index in [1.165, 1.54) is 49.7 Å². The number of aromatic nitrogens is 3. The summed E-state index contributed by atoms with van der Waals surface area (Å²) < 4.78 is 0. The average Bonchev–Trinajstić information content (AvgIpc) is 3.15. The average molecular weight is 621 g/mol. The lowest BCUT2D eigenvalue weighted by Gasteiger charge is -2.57. The summed E-state index contributed by atoms with van der Waals surface area (Å²) in [5, 5.41) is 0. The summed E-state index contributed by atoms with van der Waals surface area (Å²) in [6, 6.07) is 44.2. The zero-order chi connectivity index (χ0) is 32.1. The molecule has 6 aromatic rings. The molecule has 4 heteroatoms. The molecule has 0 amide bonds. The molecule has 4 bridgehead atoms. The molecular formula is C44H36N4. The first kappa shape index (κ1) is 28.8. The van der Waals surface area contributed by atoms with E-state index < -0.39 is 0 Å². The van der Waals surface area contributed by atoms with Gasteiger partial charge in [-0.3, -0.25) is 0 Å². The first-order chi connectivity index (χ1) is 23.6. The molecule has 0 spiro atoms. The third-order valence-electron chi connectivity index (χ3n) is 11.1. The van der Waals surface area contributed by atoms with Crippen molar-refractivity contribution in [3.63, 3.8) is 0 Å². The van der Waals surface area contributed by atoms with Crippen LogP contribution in [0, 0.1) is 24.3 Å². The number of rotatable bonds is 6. The topological polar surface area (TPSA) is 43.0 Å². The van der Waals surface area contributed by atoms with Crippen LogP contribution in [-0.2, 0) is 5.41 Å². The SMILES string of the molecule is [C-]#[N+]c1cccc(-c2nc(-c3ccc(-c4ccccc4)cc3)nc(-c3cccc(-c4ccc(C56CC7CC(CC(C7)C5)C6)cc4)c3)n2)c1. The Morgan fingerprint density at radius 1 is 0.458 bits per heavy atom. The summed E-state index contributed by atoms with van der Waals surface area (Å²) in [5.41, 5.74) is 9.82. The van der Waals surface area contributed by atoms with Crippen molar-refractivity contribution in [3.8, 4) is 56.4 Å². The van der Waals surface area contributed by atoms with Crippen LogP contribution in [0.2, 0.25) is 0 Å². The Morgan fingerprint density at radius 2 is 0.917 bits per heavy atom. The van der Waals surface area contributed by atoms with Gasteiger partial charge in [-0.1, -0.05) is 115 Å². The van der Waals surface area contributed by atoms with Gasteiger partial charge in [-0.2, -0.15) is 0 Å². The van der Waals surface area contributed by atoms with Gasteiger partial charge in [0.05, 0.1) is 6.57 Å². The van der Waals surface area contributed by atoms with Gasteiger partial charge in [-0.05, 0) is 102 Å². The van der Waals surface area contributed by atoms with Crippen molar-refractivity contribution in [2.45, 2.75) is 43.9 Å². The zero-order valence-electron chi connectivity index (χ0n) is 26.9. The highest BCUT2D eigenvalue weighted by atomic mass is 15.0. The summed E-state index contributed by atoms with van der Waals surface area (Å²) in [5.74, 6) is 4.59. The number of hydrogen-bond donors (Lipinski definition) is 0. The van der Waals surface area contributed by atoms with E-state index in [4.69, 9.17) is 21.5 Å². The summed E-state index contributed by atoms with van der Waals surface area (Å²) >= 11 is 0. The standard InChI is InChI=1S/C44H36N4/c1-45-40-12-6-11-38(25-40)43-47-41(35-15-13-33(14-16-35)32-7-3-2-4-8-32)46-42(48-43)37-10-5-9-36(24-37)34-17-19-39(20-18-34)44-26-29-21-30(27-44)23-31(22-29)28-44/h2-20,24-25,29-31H,21-23,26-28H2. The Kier molecular flexibility index (Phi) is 7.01. The van der Waals surface area contributed by atoms with Crippen molar-refractivity contribution >= 4 is 5.69 Å². The van der Waals surface area contributed by atoms with Crippen molar-refractivity contribution in [2.75, 3.05) is 0 Å². The van der Waals surface area contributed by atoms with Crippen molar-refractivity contribution in [1.82, 2.24) is 15.0 Å². The second kappa shape index (κ2) is 11.7. The van der Waals surface area contributed by atoms with Gasteiger partial charge in [0.2, 0.25) is 0 Å². The Bertz CT molecular complexity index is 2120. The van der Waals surface area contributed by atoms with Crippen molar-refractivity contribution < 1.29 is 0 Å². The van der Waals surface area contributed by atoms with Gasteiger partial charge in [0.15, 0.2) is 23.2 Å². The molecule has 4 saturated carbocycles. The maximum atomic E-state index is 7.54. The van der Waals surface area contributed by atoms with Crippen LogP contribution >= 0.6 is 0 Å². The molecule has 0 unspecified atom stereocenters. The molecule has 10 rings (SSSR count). The van der Waals surface area contributed by atoms with Gasteiger partial charge in [0.25, 0.3) is 0 Å². The number of hydrogen-bond acceptors (Lipinski definition) is 3. The van der Waals surface area contributed by atoms with E-state index in [-0.39, 0.29) is 0 Å². The fourth-order valence-electron chi connectivity index (χ4n) is 9.24. The van der Waals surface area contributed by atoms with Crippen molar-refractivity contribution in [1.29, 1.82) is 0 Å². The smallest absolute Gasteiger partial charge is 0.187 e. The first-order valence-corrected chi connectivity index (χ1v) is 17.2. The predicted molar refractivity (Wildman–Crippen MR) is 193 cm³/mol. The van der Waals surface area contributed by atoms with Crippen LogP contribution in [0.15, 0.2) is 127 Å². The molecule has 0 atom stereocenters. The molecule has 5 aromatic carbocycles. The fraction of sp³-hybridized carbons (Fsp3) is 0.227. The van der Waals surface area contributed by atoms with E-state index in [1.54, 1.807) is 11.6 Å². The largest absolute Gasteiger partial charge is 0.238 e. The monoisotopic (exact) mass is 620 g/mol. The molecule has 4 aliphatic carbocycles. The summed E-state index contributed by atoms with van der Waals surface area (Å²) in [7, 11) is 0. The minimum atomic E-state index is 0.399. The molecule has 0 saturated heterocycles. The van der Waals surface area contributed by atoms with Crippen LogP contribution in [0.4, 0.5) is 5.69 Å². The highest BCUT2D eigenvalue weighted by molar-refractivity contribution is 5.74. The molecule has 1 heterocycles. The maximum Gasteiger partial charge on any atom is 0.187 e. The van der Waals surface area contributed by atoms with E-state index >= 15 is 0 Å². The molecule has 232 valence electrons. The lowest BCUT2D eigenvalue weighted by molar-refractivity contribution is -0.00518. The molecule has 1 aromatic heterocycles. The van der Waals surface area contributed by atoms with Crippen molar-refractivity contribution in [2.24, 2.45) is 17.8 Å². The van der Waals surface area contributed by atoms with Crippen LogP contribution in [0.25, 0.3) is 61.3 Å². The highest BCUT2D eigenvalue weighted by Crippen LogP contribution is 2.60. The van der Waals surface area contributed by atoms with Crippen LogP contribution in [0.3, 0.4) is 0 Å². The van der Waals surface area contributed by atoms with E-state index in [2.05, 4.69) is 102 Å². The van der Waals surface area contributed by atoms with Crippen LogP contribution < -0.4 is 0 Å². The molecule has 0 aliphatic heterocycles. The fourth-order valence-corrected chi connectivity index (χ4v) is 9.24. The summed E-state index contributed by atoms with van der Waals surface area (Å²) in [4.78, 5) is 18.5. The highest BCUT2D eigenvalue weighted by Gasteiger charge is 2.51. The van der Waals surface area contributed by atoms with Crippen LogP contribution in [0.5, 0.6) is 0 Å². The molecule has 4 nitrogen and oxygen atoms in total. The zero-order valence-corrected chi connectivity index (χ0v) is 26.9. The van der Waals surface area contributed by atoms with Gasteiger partial charge >= 0.3 is 0 Å². The molecule has 0 radical (unpaired) electrons. The van der Waals surface area contributed by atoms with Gasteiger partial charge < -0.3 is 0 Å². The van der Waals surface area contributed by atoms with Gasteiger partial charge in [0.1, 0.15) is 0 Å². The van der Waals surface area contributed by atoms with Gasteiger partial charge in [-0.15, -0.1) is 0 Å². The Hall–Kier alpha value is -5.40. The van der Waals surface area contributed by atoms with Gasteiger partial charge in [0, 0.05) is 16.7 Å². The Morgan fingerprint density at radius 3 is 1.54 bits per heavy atom. The number of benzene rings is 5. The van der Waals surface area contributed by atoms with E-state index in [9.17, 15) is 0 Å². The third-order valence-corrected chi connectivity index (χ3v) is 11.1. The molecule has 4 fully saturated rings.